The first-order valence-electron chi connectivity index (χ1n) is 9.48. The van der Waals surface area contributed by atoms with Crippen molar-refractivity contribution in [2.24, 2.45) is 5.73 Å². The van der Waals surface area contributed by atoms with Crippen LogP contribution in [0.4, 0.5) is 0 Å². The van der Waals surface area contributed by atoms with E-state index in [1.165, 1.54) is 10.9 Å². The number of aromatic amines is 1. The van der Waals surface area contributed by atoms with Gasteiger partial charge in [0, 0.05) is 35.8 Å². The van der Waals surface area contributed by atoms with E-state index in [1.807, 2.05) is 36.8 Å². The van der Waals surface area contributed by atoms with Crippen molar-refractivity contribution in [3.63, 3.8) is 0 Å². The number of imidazole rings is 1. The molecule has 0 aliphatic carbocycles. The summed E-state index contributed by atoms with van der Waals surface area (Å²) in [7, 11) is 1.67. The average Bonchev–Trinajstić information content (AvgIpc) is 3.21. The lowest BCUT2D eigenvalue weighted by atomic mass is 10.0. The van der Waals surface area contributed by atoms with E-state index in [-0.39, 0.29) is 6.04 Å². The summed E-state index contributed by atoms with van der Waals surface area (Å²) in [5.74, 6) is 1.83. The Hall–Kier alpha value is -3.18. The minimum Gasteiger partial charge on any atom is -0.497 e. The summed E-state index contributed by atoms with van der Waals surface area (Å²) in [5.41, 5.74) is 9.70. The third-order valence-electron chi connectivity index (χ3n) is 4.99. The summed E-state index contributed by atoms with van der Waals surface area (Å²) in [6.45, 7) is 0. The Bertz CT molecular complexity index is 1060. The number of nitrogens with two attached hydrogens (primary N) is 1. The Labute approximate surface area is 164 Å². The van der Waals surface area contributed by atoms with Crippen LogP contribution in [0.15, 0.2) is 67.1 Å². The quantitative estimate of drug-likeness (QED) is 0.511. The van der Waals surface area contributed by atoms with E-state index in [2.05, 4.69) is 45.3 Å². The van der Waals surface area contributed by atoms with Crippen LogP contribution in [0.3, 0.4) is 0 Å². The number of rotatable bonds is 7. The van der Waals surface area contributed by atoms with E-state index in [4.69, 9.17) is 10.5 Å². The first-order chi connectivity index (χ1) is 13.7. The van der Waals surface area contributed by atoms with Crippen molar-refractivity contribution in [3.8, 4) is 17.0 Å². The Balaban J connectivity index is 1.37. The number of fused-ring (bicyclic) bond motifs is 1. The minimum atomic E-state index is 0.0927. The zero-order chi connectivity index (χ0) is 19.3. The lowest BCUT2D eigenvalue weighted by Gasteiger charge is -2.11. The van der Waals surface area contributed by atoms with Crippen LogP contribution in [0.25, 0.3) is 22.0 Å². The number of aryl methyl sites for hydroxylation is 1. The number of aromatic nitrogens is 3. The average molecular weight is 372 g/mol. The van der Waals surface area contributed by atoms with Crippen LogP contribution >= 0.6 is 0 Å². The van der Waals surface area contributed by atoms with Crippen LogP contribution in [0.5, 0.6) is 5.75 Å². The standard InChI is InChI=1S/C23H24N4O/c1-28-21-7-2-16(3-8-21)12-20(24)6-9-23-26-15-22(27-23)18-4-5-19-14-25-11-10-17(19)13-18/h2-5,7-8,10-11,13-15,20H,6,9,12,24H2,1H3,(H,26,27)/t20-/m1/s1. The van der Waals surface area contributed by atoms with Gasteiger partial charge >= 0.3 is 0 Å². The molecule has 0 saturated carbocycles. The van der Waals surface area contributed by atoms with Crippen molar-refractivity contribution in [1.29, 1.82) is 0 Å². The third kappa shape index (κ3) is 4.21. The van der Waals surface area contributed by atoms with Gasteiger partial charge < -0.3 is 15.5 Å². The fourth-order valence-electron chi connectivity index (χ4n) is 3.38. The van der Waals surface area contributed by atoms with Crippen LogP contribution < -0.4 is 10.5 Å². The zero-order valence-electron chi connectivity index (χ0n) is 15.9. The molecule has 0 unspecified atom stereocenters. The number of nitrogens with one attached hydrogen (secondary N) is 1. The predicted octanol–water partition coefficient (Wildman–Crippen LogP) is 4.14. The maximum absolute atomic E-state index is 6.33. The molecule has 4 aromatic rings. The number of hydrogen-bond donors (Lipinski definition) is 2. The monoisotopic (exact) mass is 372 g/mol. The highest BCUT2D eigenvalue weighted by Gasteiger charge is 2.09. The number of hydrogen-bond acceptors (Lipinski definition) is 4. The maximum atomic E-state index is 6.33. The summed E-state index contributed by atoms with van der Waals surface area (Å²) in [6, 6.07) is 16.5. The Morgan fingerprint density at radius 3 is 2.71 bits per heavy atom. The first kappa shape index (κ1) is 18.2. The van der Waals surface area contributed by atoms with Gasteiger partial charge in [0.15, 0.2) is 0 Å². The molecule has 142 valence electrons. The zero-order valence-corrected chi connectivity index (χ0v) is 15.9. The van der Waals surface area contributed by atoms with Gasteiger partial charge in [-0.3, -0.25) is 4.98 Å². The van der Waals surface area contributed by atoms with Crippen molar-refractivity contribution < 1.29 is 4.74 Å². The fourth-order valence-corrected chi connectivity index (χ4v) is 3.38. The van der Waals surface area contributed by atoms with Crippen LogP contribution in [-0.2, 0) is 12.8 Å². The van der Waals surface area contributed by atoms with E-state index in [1.54, 1.807) is 7.11 Å². The van der Waals surface area contributed by atoms with Gasteiger partial charge in [-0.15, -0.1) is 0 Å². The highest BCUT2D eigenvalue weighted by atomic mass is 16.5. The number of ether oxygens (including phenoxy) is 1. The van der Waals surface area contributed by atoms with Crippen molar-refractivity contribution in [2.45, 2.75) is 25.3 Å². The van der Waals surface area contributed by atoms with Gasteiger partial charge in [-0.25, -0.2) is 4.98 Å². The second-order valence-corrected chi connectivity index (χ2v) is 7.03. The van der Waals surface area contributed by atoms with Gasteiger partial charge in [-0.2, -0.15) is 0 Å². The molecule has 28 heavy (non-hydrogen) atoms. The molecule has 0 aliphatic heterocycles. The van der Waals surface area contributed by atoms with Crippen LogP contribution in [0.2, 0.25) is 0 Å². The summed E-state index contributed by atoms with van der Waals surface area (Å²) in [6.07, 6.45) is 8.14. The van der Waals surface area contributed by atoms with Gasteiger partial charge in [0.05, 0.1) is 19.0 Å². The van der Waals surface area contributed by atoms with E-state index < -0.39 is 0 Å². The molecule has 0 aliphatic rings. The molecule has 0 radical (unpaired) electrons. The molecule has 4 rings (SSSR count). The molecule has 0 spiro atoms. The number of methoxy groups -OCH3 is 1. The van der Waals surface area contributed by atoms with Gasteiger partial charge in [-0.05, 0) is 48.1 Å². The van der Waals surface area contributed by atoms with E-state index in [9.17, 15) is 0 Å². The number of benzene rings is 2. The molecule has 1 atom stereocenters. The Kier molecular flexibility index (Phi) is 5.35. The lowest BCUT2D eigenvalue weighted by molar-refractivity contribution is 0.414. The molecular weight excluding hydrogens is 348 g/mol. The summed E-state index contributed by atoms with van der Waals surface area (Å²) < 4.78 is 5.20. The molecule has 3 N–H and O–H groups in total. The minimum absolute atomic E-state index is 0.0927. The second kappa shape index (κ2) is 8.23. The number of nitrogens with zero attached hydrogens (tertiary/aromatic N) is 2. The normalized spacial score (nSPS) is 12.2. The summed E-state index contributed by atoms with van der Waals surface area (Å²) >= 11 is 0. The SMILES string of the molecule is COc1ccc(C[C@H](N)CCc2ncc(-c3ccc4cnccc4c3)[nH]2)cc1. The molecule has 0 bridgehead atoms. The predicted molar refractivity (Wildman–Crippen MR) is 112 cm³/mol. The Morgan fingerprint density at radius 1 is 1.04 bits per heavy atom. The fraction of sp³-hybridized carbons (Fsp3) is 0.217. The van der Waals surface area contributed by atoms with Crippen molar-refractivity contribution in [1.82, 2.24) is 15.0 Å². The smallest absolute Gasteiger partial charge is 0.118 e. The van der Waals surface area contributed by atoms with E-state index >= 15 is 0 Å². The highest BCUT2D eigenvalue weighted by molar-refractivity contribution is 5.85. The van der Waals surface area contributed by atoms with E-state index in [0.717, 1.165) is 47.5 Å². The van der Waals surface area contributed by atoms with Gasteiger partial charge in [0.25, 0.3) is 0 Å². The van der Waals surface area contributed by atoms with Crippen molar-refractivity contribution in [3.05, 3.63) is 78.5 Å². The van der Waals surface area contributed by atoms with E-state index in [0.29, 0.717) is 0 Å². The molecule has 0 amide bonds. The molecule has 5 nitrogen and oxygen atoms in total. The first-order valence-corrected chi connectivity index (χ1v) is 9.48. The van der Waals surface area contributed by atoms with Crippen molar-refractivity contribution >= 4 is 10.8 Å². The number of pyridine rings is 1. The molecule has 2 heterocycles. The van der Waals surface area contributed by atoms with Crippen molar-refractivity contribution in [2.75, 3.05) is 7.11 Å². The second-order valence-electron chi connectivity index (χ2n) is 7.03. The molecule has 2 aromatic carbocycles. The molecule has 2 aromatic heterocycles. The number of H-pyrrole nitrogens is 1. The van der Waals surface area contributed by atoms with Gasteiger partial charge in [-0.1, -0.05) is 24.3 Å². The topological polar surface area (TPSA) is 76.8 Å². The van der Waals surface area contributed by atoms with Crippen LogP contribution in [0, 0.1) is 0 Å². The van der Waals surface area contributed by atoms with Gasteiger partial charge in [0.1, 0.15) is 11.6 Å². The molecule has 5 heteroatoms. The van der Waals surface area contributed by atoms with Gasteiger partial charge in [0.2, 0.25) is 0 Å². The van der Waals surface area contributed by atoms with Crippen LogP contribution in [-0.4, -0.2) is 28.1 Å². The molecular formula is C23H24N4O. The highest BCUT2D eigenvalue weighted by Crippen LogP contribution is 2.23. The summed E-state index contributed by atoms with van der Waals surface area (Å²) in [5, 5.41) is 2.31. The molecule has 0 fully saturated rings. The molecule has 0 saturated heterocycles. The Morgan fingerprint density at radius 2 is 1.89 bits per heavy atom. The van der Waals surface area contributed by atoms with Crippen LogP contribution in [0.1, 0.15) is 17.8 Å². The lowest BCUT2D eigenvalue weighted by Crippen LogP contribution is -2.23. The largest absolute Gasteiger partial charge is 0.497 e. The third-order valence-corrected chi connectivity index (χ3v) is 4.99. The summed E-state index contributed by atoms with van der Waals surface area (Å²) in [4.78, 5) is 12.1. The maximum Gasteiger partial charge on any atom is 0.118 e.